The number of hydrogen-bond acceptors (Lipinski definition) is 2. The lowest BCUT2D eigenvalue weighted by atomic mass is 9.85. The molecule has 0 aromatic heterocycles. The highest BCUT2D eigenvalue weighted by atomic mass is 16.4. The van der Waals surface area contributed by atoms with Crippen molar-refractivity contribution in [3.63, 3.8) is 0 Å². The molecular weight excluding hydrogens is 208 g/mol. The van der Waals surface area contributed by atoms with Crippen LogP contribution in [-0.4, -0.2) is 29.2 Å². The number of amides is 2. The van der Waals surface area contributed by atoms with Crippen LogP contribution in [0.25, 0.3) is 0 Å². The van der Waals surface area contributed by atoms with Gasteiger partial charge in [0.2, 0.25) is 0 Å². The molecule has 1 atom stereocenters. The predicted octanol–water partition coefficient (Wildman–Crippen LogP) is 1.34. The first kappa shape index (κ1) is 12.8. The summed E-state index contributed by atoms with van der Waals surface area (Å²) >= 11 is 0. The van der Waals surface area contributed by atoms with Crippen LogP contribution >= 0.6 is 0 Å². The summed E-state index contributed by atoms with van der Waals surface area (Å²) in [6.45, 7) is 5.74. The number of carbonyl (C=O) groups excluding carboxylic acids is 1. The van der Waals surface area contributed by atoms with Gasteiger partial charge in [-0.1, -0.05) is 20.8 Å². The zero-order valence-electron chi connectivity index (χ0n) is 10.0. The maximum Gasteiger partial charge on any atom is 0.315 e. The highest BCUT2D eigenvalue weighted by Crippen LogP contribution is 2.22. The maximum atomic E-state index is 11.5. The molecule has 2 amide bonds. The zero-order chi connectivity index (χ0) is 12.3. The van der Waals surface area contributed by atoms with Crippen molar-refractivity contribution in [3.05, 3.63) is 0 Å². The molecule has 0 bridgehead atoms. The molecule has 1 aliphatic rings. The minimum absolute atomic E-state index is 0.0540. The van der Waals surface area contributed by atoms with Gasteiger partial charge in [0.15, 0.2) is 0 Å². The summed E-state index contributed by atoms with van der Waals surface area (Å²) in [6.07, 6.45) is 1.99. The normalized spacial score (nSPS) is 17.7. The van der Waals surface area contributed by atoms with Crippen molar-refractivity contribution in [2.75, 3.05) is 0 Å². The summed E-state index contributed by atoms with van der Waals surface area (Å²) in [6, 6.07) is -0.335. The van der Waals surface area contributed by atoms with E-state index < -0.39 is 5.97 Å². The van der Waals surface area contributed by atoms with E-state index >= 15 is 0 Å². The Morgan fingerprint density at radius 2 is 1.94 bits per heavy atom. The Kier molecular flexibility index (Phi) is 3.78. The van der Waals surface area contributed by atoms with Crippen molar-refractivity contribution in [1.29, 1.82) is 0 Å². The minimum Gasteiger partial charge on any atom is -0.481 e. The summed E-state index contributed by atoms with van der Waals surface area (Å²) in [5.41, 5.74) is -0.265. The van der Waals surface area contributed by atoms with Crippen LogP contribution in [0.1, 0.15) is 40.0 Å². The number of carboxylic acids is 1. The summed E-state index contributed by atoms with van der Waals surface area (Å²) < 4.78 is 0. The van der Waals surface area contributed by atoms with Crippen LogP contribution in [0.2, 0.25) is 0 Å². The fourth-order valence-electron chi connectivity index (χ4n) is 1.36. The summed E-state index contributed by atoms with van der Waals surface area (Å²) in [5.74, 6) is -0.897. The summed E-state index contributed by atoms with van der Waals surface area (Å²) in [5, 5.41) is 14.3. The topological polar surface area (TPSA) is 78.4 Å². The van der Waals surface area contributed by atoms with Gasteiger partial charge in [0.25, 0.3) is 0 Å². The molecule has 1 unspecified atom stereocenters. The number of aliphatic carboxylic acids is 1. The van der Waals surface area contributed by atoms with Gasteiger partial charge in [-0.3, -0.25) is 4.79 Å². The second kappa shape index (κ2) is 4.72. The molecule has 0 aromatic rings. The van der Waals surface area contributed by atoms with Crippen molar-refractivity contribution in [3.8, 4) is 0 Å². The molecule has 1 rings (SSSR count). The molecule has 0 aliphatic heterocycles. The van der Waals surface area contributed by atoms with Crippen LogP contribution in [0.4, 0.5) is 4.79 Å². The smallest absolute Gasteiger partial charge is 0.315 e. The van der Waals surface area contributed by atoms with Gasteiger partial charge in [-0.05, 0) is 18.3 Å². The molecule has 1 saturated carbocycles. The summed E-state index contributed by atoms with van der Waals surface area (Å²) in [4.78, 5) is 22.2. The van der Waals surface area contributed by atoms with Crippen LogP contribution in [0.5, 0.6) is 0 Å². The van der Waals surface area contributed by atoms with Crippen LogP contribution in [0.3, 0.4) is 0 Å². The molecule has 0 heterocycles. The Morgan fingerprint density at radius 3 is 2.31 bits per heavy atom. The van der Waals surface area contributed by atoms with E-state index in [1.165, 1.54) is 0 Å². The first-order chi connectivity index (χ1) is 7.29. The van der Waals surface area contributed by atoms with Gasteiger partial charge in [-0.2, -0.15) is 0 Å². The molecule has 5 heteroatoms. The highest BCUT2D eigenvalue weighted by Gasteiger charge is 2.30. The molecule has 16 heavy (non-hydrogen) atoms. The van der Waals surface area contributed by atoms with E-state index in [1.54, 1.807) is 0 Å². The second-order valence-corrected chi connectivity index (χ2v) is 5.41. The molecule has 92 valence electrons. The van der Waals surface area contributed by atoms with Gasteiger partial charge in [-0.15, -0.1) is 0 Å². The quantitative estimate of drug-likeness (QED) is 0.679. The number of carboxylic acid groups (broad SMARTS) is 1. The largest absolute Gasteiger partial charge is 0.481 e. The first-order valence-electron chi connectivity index (χ1n) is 5.58. The monoisotopic (exact) mass is 228 g/mol. The van der Waals surface area contributed by atoms with Crippen molar-refractivity contribution < 1.29 is 14.7 Å². The predicted molar refractivity (Wildman–Crippen MR) is 60.2 cm³/mol. The van der Waals surface area contributed by atoms with Gasteiger partial charge in [0.05, 0.1) is 6.42 Å². The highest BCUT2D eigenvalue weighted by molar-refractivity contribution is 5.76. The molecule has 1 aliphatic carbocycles. The minimum atomic E-state index is -0.897. The summed E-state index contributed by atoms with van der Waals surface area (Å²) in [7, 11) is 0. The van der Waals surface area contributed by atoms with E-state index in [4.69, 9.17) is 5.11 Å². The second-order valence-electron chi connectivity index (χ2n) is 5.41. The fourth-order valence-corrected chi connectivity index (χ4v) is 1.36. The third kappa shape index (κ3) is 4.51. The molecule has 1 fully saturated rings. The molecule has 0 spiro atoms. The lowest BCUT2D eigenvalue weighted by Crippen LogP contribution is -2.49. The molecule has 5 nitrogen and oxygen atoms in total. The molecule has 3 N–H and O–H groups in total. The van der Waals surface area contributed by atoms with Gasteiger partial charge in [-0.25, -0.2) is 4.79 Å². The average molecular weight is 228 g/mol. The Labute approximate surface area is 95.6 Å². The Hall–Kier alpha value is -1.26. The van der Waals surface area contributed by atoms with Crippen LogP contribution in [0, 0.1) is 5.41 Å². The van der Waals surface area contributed by atoms with Gasteiger partial charge < -0.3 is 15.7 Å². The van der Waals surface area contributed by atoms with E-state index in [2.05, 4.69) is 10.6 Å². The number of hydrogen-bond donors (Lipinski definition) is 3. The Bertz CT molecular complexity index is 279. The van der Waals surface area contributed by atoms with Gasteiger partial charge >= 0.3 is 12.0 Å². The zero-order valence-corrected chi connectivity index (χ0v) is 10.0. The van der Waals surface area contributed by atoms with Crippen LogP contribution < -0.4 is 10.6 Å². The first-order valence-corrected chi connectivity index (χ1v) is 5.58. The van der Waals surface area contributed by atoms with E-state index in [-0.39, 0.29) is 30.0 Å². The molecule has 0 radical (unpaired) electrons. The van der Waals surface area contributed by atoms with E-state index in [1.807, 2.05) is 20.8 Å². The number of urea groups is 1. The third-order valence-corrected chi connectivity index (χ3v) is 2.64. The number of nitrogens with one attached hydrogen (secondary N) is 2. The molecule has 0 saturated heterocycles. The van der Waals surface area contributed by atoms with Crippen molar-refractivity contribution >= 4 is 12.0 Å². The van der Waals surface area contributed by atoms with Crippen molar-refractivity contribution in [2.24, 2.45) is 5.41 Å². The fraction of sp³-hybridized carbons (Fsp3) is 0.818. The molecular formula is C11H20N2O3. The van der Waals surface area contributed by atoms with E-state index in [0.717, 1.165) is 12.8 Å². The van der Waals surface area contributed by atoms with E-state index in [9.17, 15) is 9.59 Å². The average Bonchev–Trinajstić information content (AvgIpc) is 2.84. The number of rotatable bonds is 4. The van der Waals surface area contributed by atoms with Gasteiger partial charge in [0.1, 0.15) is 0 Å². The SMILES string of the molecule is CC(C)(C)C(CC(=O)O)NC(=O)NC1CC1. The Morgan fingerprint density at radius 1 is 1.38 bits per heavy atom. The lowest BCUT2D eigenvalue weighted by molar-refractivity contribution is -0.138. The van der Waals surface area contributed by atoms with Crippen molar-refractivity contribution in [2.45, 2.75) is 52.1 Å². The van der Waals surface area contributed by atoms with Crippen molar-refractivity contribution in [1.82, 2.24) is 10.6 Å². The Balaban J connectivity index is 2.47. The lowest BCUT2D eigenvalue weighted by Gasteiger charge is -2.30. The van der Waals surface area contributed by atoms with Crippen LogP contribution in [-0.2, 0) is 4.79 Å². The third-order valence-electron chi connectivity index (χ3n) is 2.64. The van der Waals surface area contributed by atoms with Gasteiger partial charge in [0, 0.05) is 12.1 Å². The molecule has 0 aromatic carbocycles. The van der Waals surface area contributed by atoms with Crippen LogP contribution in [0.15, 0.2) is 0 Å². The maximum absolute atomic E-state index is 11.5. The van der Waals surface area contributed by atoms with E-state index in [0.29, 0.717) is 0 Å². The standard InChI is InChI=1S/C11H20N2O3/c1-11(2,3)8(6-9(14)15)13-10(16)12-7-4-5-7/h7-8H,4-6H2,1-3H3,(H,14,15)(H2,12,13,16). The number of carbonyl (C=O) groups is 2.